The lowest BCUT2D eigenvalue weighted by molar-refractivity contribution is 0.237. The molecule has 2 heterocycles. The number of hydrogen-bond acceptors (Lipinski definition) is 6. The second-order valence-corrected chi connectivity index (χ2v) is 5.80. The van der Waals surface area contributed by atoms with E-state index in [1.807, 2.05) is 30.3 Å². The number of benzene rings is 1. The first-order valence-corrected chi connectivity index (χ1v) is 8.22. The molecule has 23 heavy (non-hydrogen) atoms. The van der Waals surface area contributed by atoms with Gasteiger partial charge in [-0.25, -0.2) is 9.97 Å². The van der Waals surface area contributed by atoms with Crippen LogP contribution in [0.15, 0.2) is 36.7 Å². The van der Waals surface area contributed by atoms with Gasteiger partial charge in [-0.2, -0.15) is 0 Å². The van der Waals surface area contributed by atoms with Crippen LogP contribution >= 0.6 is 0 Å². The third-order valence-corrected chi connectivity index (χ3v) is 4.09. The van der Waals surface area contributed by atoms with Crippen LogP contribution in [0.1, 0.15) is 19.3 Å². The number of hydrogen-bond donors (Lipinski definition) is 3. The van der Waals surface area contributed by atoms with Gasteiger partial charge in [-0.3, -0.25) is 0 Å². The summed E-state index contributed by atoms with van der Waals surface area (Å²) in [6.07, 6.45) is 5.50. The third-order valence-electron chi connectivity index (χ3n) is 4.09. The molecule has 1 aliphatic heterocycles. The minimum atomic E-state index is 0.551. The zero-order valence-electron chi connectivity index (χ0n) is 13.3. The van der Waals surface area contributed by atoms with E-state index in [-0.39, 0.29) is 0 Å². The van der Waals surface area contributed by atoms with Crippen molar-refractivity contribution in [1.82, 2.24) is 14.9 Å². The van der Waals surface area contributed by atoms with Gasteiger partial charge in [-0.05, 0) is 38.1 Å². The Morgan fingerprint density at radius 1 is 1.00 bits per heavy atom. The maximum absolute atomic E-state index is 6.19. The quantitative estimate of drug-likeness (QED) is 0.761. The van der Waals surface area contributed by atoms with Gasteiger partial charge in [0.15, 0.2) is 11.6 Å². The Balaban J connectivity index is 1.58. The van der Waals surface area contributed by atoms with Crippen LogP contribution in [0.4, 0.5) is 23.0 Å². The molecule has 1 aliphatic rings. The molecule has 2 aromatic rings. The van der Waals surface area contributed by atoms with E-state index in [0.29, 0.717) is 17.3 Å². The summed E-state index contributed by atoms with van der Waals surface area (Å²) in [6, 6.07) is 9.87. The minimum absolute atomic E-state index is 0.551. The van der Waals surface area contributed by atoms with Crippen molar-refractivity contribution in [2.24, 2.45) is 0 Å². The van der Waals surface area contributed by atoms with Crippen LogP contribution in [-0.4, -0.2) is 41.0 Å². The van der Waals surface area contributed by atoms with Gasteiger partial charge in [-0.1, -0.05) is 24.6 Å². The maximum atomic E-state index is 6.19. The number of nitrogens with one attached hydrogen (secondary N) is 2. The summed E-state index contributed by atoms with van der Waals surface area (Å²) in [5.74, 6) is 1.32. The Labute approximate surface area is 137 Å². The molecular formula is C17H24N6. The summed E-state index contributed by atoms with van der Waals surface area (Å²) < 4.78 is 0. The molecular weight excluding hydrogens is 288 g/mol. The average molecular weight is 312 g/mol. The standard InChI is InChI=1S/C17H24N6/c18-15-16(19-9-12-23-10-5-2-6-11-23)20-13-21-17(15)22-14-7-3-1-4-8-14/h1,3-4,7-8,13H,2,5-6,9-12,18H2,(H2,19,20,21,22). The lowest BCUT2D eigenvalue weighted by atomic mass is 10.1. The normalized spacial score (nSPS) is 15.3. The molecule has 0 radical (unpaired) electrons. The van der Waals surface area contributed by atoms with E-state index < -0.39 is 0 Å². The van der Waals surface area contributed by atoms with E-state index in [9.17, 15) is 0 Å². The topological polar surface area (TPSA) is 79.1 Å². The lowest BCUT2D eigenvalue weighted by Gasteiger charge is -2.26. The molecule has 6 nitrogen and oxygen atoms in total. The Bertz CT molecular complexity index is 610. The number of piperidine rings is 1. The SMILES string of the molecule is Nc1c(NCCN2CCCCC2)ncnc1Nc1ccccc1. The molecule has 0 spiro atoms. The first-order valence-electron chi connectivity index (χ1n) is 8.22. The van der Waals surface area contributed by atoms with Gasteiger partial charge in [0.2, 0.25) is 0 Å². The molecule has 0 unspecified atom stereocenters. The van der Waals surface area contributed by atoms with Gasteiger partial charge in [0.05, 0.1) is 0 Å². The van der Waals surface area contributed by atoms with Crippen LogP contribution in [0.25, 0.3) is 0 Å². The van der Waals surface area contributed by atoms with Crippen molar-refractivity contribution in [3.63, 3.8) is 0 Å². The first-order chi connectivity index (χ1) is 11.3. The highest BCUT2D eigenvalue weighted by atomic mass is 15.2. The molecule has 1 fully saturated rings. The number of aromatic nitrogens is 2. The highest BCUT2D eigenvalue weighted by Crippen LogP contribution is 2.25. The fourth-order valence-corrected chi connectivity index (χ4v) is 2.81. The third kappa shape index (κ3) is 4.32. The lowest BCUT2D eigenvalue weighted by Crippen LogP contribution is -2.33. The molecule has 6 heteroatoms. The number of likely N-dealkylation sites (tertiary alicyclic amines) is 1. The molecule has 1 saturated heterocycles. The smallest absolute Gasteiger partial charge is 0.159 e. The minimum Gasteiger partial charge on any atom is -0.393 e. The summed E-state index contributed by atoms with van der Waals surface area (Å²) in [7, 11) is 0. The molecule has 1 aromatic carbocycles. The van der Waals surface area contributed by atoms with E-state index >= 15 is 0 Å². The molecule has 1 aromatic heterocycles. The van der Waals surface area contributed by atoms with E-state index in [1.165, 1.54) is 38.7 Å². The predicted octanol–water partition coefficient (Wildman–Crippen LogP) is 2.70. The number of nitrogens with two attached hydrogens (primary N) is 1. The number of anilines is 4. The van der Waals surface area contributed by atoms with Gasteiger partial charge >= 0.3 is 0 Å². The Morgan fingerprint density at radius 3 is 2.52 bits per heavy atom. The van der Waals surface area contributed by atoms with Crippen molar-refractivity contribution in [2.75, 3.05) is 42.5 Å². The van der Waals surface area contributed by atoms with E-state index in [2.05, 4.69) is 25.5 Å². The van der Waals surface area contributed by atoms with Crippen molar-refractivity contribution in [3.05, 3.63) is 36.7 Å². The van der Waals surface area contributed by atoms with Gasteiger partial charge < -0.3 is 21.3 Å². The van der Waals surface area contributed by atoms with Crippen molar-refractivity contribution >= 4 is 23.0 Å². The largest absolute Gasteiger partial charge is 0.393 e. The Hall–Kier alpha value is -2.34. The van der Waals surface area contributed by atoms with Crippen molar-refractivity contribution in [3.8, 4) is 0 Å². The zero-order valence-corrected chi connectivity index (χ0v) is 13.3. The summed E-state index contributed by atoms with van der Waals surface area (Å²) in [5, 5.41) is 6.55. The van der Waals surface area contributed by atoms with Gasteiger partial charge in [0.1, 0.15) is 12.0 Å². The summed E-state index contributed by atoms with van der Waals surface area (Å²) in [4.78, 5) is 11.0. The summed E-state index contributed by atoms with van der Waals surface area (Å²) in [5.41, 5.74) is 7.69. The van der Waals surface area contributed by atoms with Gasteiger partial charge in [0.25, 0.3) is 0 Å². The molecule has 0 bridgehead atoms. The molecule has 0 saturated carbocycles. The fraction of sp³-hybridized carbons (Fsp3) is 0.412. The molecule has 4 N–H and O–H groups in total. The maximum Gasteiger partial charge on any atom is 0.159 e. The molecule has 122 valence electrons. The first kappa shape index (κ1) is 15.6. The summed E-state index contributed by atoms with van der Waals surface area (Å²) >= 11 is 0. The van der Waals surface area contributed by atoms with E-state index in [4.69, 9.17) is 5.73 Å². The van der Waals surface area contributed by atoms with Crippen molar-refractivity contribution < 1.29 is 0 Å². The number of nitrogen functional groups attached to an aromatic ring is 1. The van der Waals surface area contributed by atoms with Crippen LogP contribution < -0.4 is 16.4 Å². The highest BCUT2D eigenvalue weighted by Gasteiger charge is 2.11. The molecule has 3 rings (SSSR count). The van der Waals surface area contributed by atoms with Crippen LogP contribution in [0.5, 0.6) is 0 Å². The fourth-order valence-electron chi connectivity index (χ4n) is 2.81. The zero-order chi connectivity index (χ0) is 15.9. The molecule has 0 atom stereocenters. The monoisotopic (exact) mass is 312 g/mol. The van der Waals surface area contributed by atoms with Gasteiger partial charge in [0, 0.05) is 18.8 Å². The van der Waals surface area contributed by atoms with Gasteiger partial charge in [-0.15, -0.1) is 0 Å². The Morgan fingerprint density at radius 2 is 1.74 bits per heavy atom. The summed E-state index contributed by atoms with van der Waals surface area (Å²) in [6.45, 7) is 4.25. The Kier molecular flexibility index (Phi) is 5.26. The van der Waals surface area contributed by atoms with Crippen LogP contribution in [0.2, 0.25) is 0 Å². The van der Waals surface area contributed by atoms with Crippen LogP contribution in [-0.2, 0) is 0 Å². The predicted molar refractivity (Wildman–Crippen MR) is 94.9 cm³/mol. The van der Waals surface area contributed by atoms with Crippen molar-refractivity contribution in [2.45, 2.75) is 19.3 Å². The molecule has 0 amide bonds. The van der Waals surface area contributed by atoms with Crippen LogP contribution in [0, 0.1) is 0 Å². The van der Waals surface area contributed by atoms with E-state index in [1.54, 1.807) is 0 Å². The number of para-hydroxylation sites is 1. The van der Waals surface area contributed by atoms with E-state index in [0.717, 1.165) is 18.8 Å². The highest BCUT2D eigenvalue weighted by molar-refractivity contribution is 5.77. The second-order valence-electron chi connectivity index (χ2n) is 5.80. The van der Waals surface area contributed by atoms with Crippen molar-refractivity contribution in [1.29, 1.82) is 0 Å². The number of rotatable bonds is 6. The number of nitrogens with zero attached hydrogens (tertiary/aromatic N) is 3. The molecule has 0 aliphatic carbocycles. The van der Waals surface area contributed by atoms with Crippen LogP contribution in [0.3, 0.4) is 0 Å². The average Bonchev–Trinajstić information content (AvgIpc) is 2.60. The second kappa shape index (κ2) is 7.78.